The van der Waals surface area contributed by atoms with Crippen LogP contribution < -0.4 is 9.88 Å². The Balaban J connectivity index is 0.000000569. The van der Waals surface area contributed by atoms with E-state index >= 15 is 0 Å². The van der Waals surface area contributed by atoms with E-state index in [2.05, 4.69) is 5.14 Å². The molecule has 0 aromatic heterocycles. The van der Waals surface area contributed by atoms with Gasteiger partial charge in [0.05, 0.1) is 13.0 Å². The van der Waals surface area contributed by atoms with E-state index in [1.165, 1.54) is 6.07 Å². The van der Waals surface area contributed by atoms with Gasteiger partial charge < -0.3 is 9.64 Å². The number of halogens is 5. The van der Waals surface area contributed by atoms with Gasteiger partial charge in [0.1, 0.15) is 11.6 Å². The Kier molecular flexibility index (Phi) is 10.2. The maximum absolute atomic E-state index is 14.5. The van der Waals surface area contributed by atoms with Crippen LogP contribution in [0.5, 0.6) is 5.75 Å². The fourth-order valence-corrected chi connectivity index (χ4v) is 3.30. The van der Waals surface area contributed by atoms with Crippen LogP contribution in [0.15, 0.2) is 30.3 Å². The number of carbonyl (C=O) groups is 1. The summed E-state index contributed by atoms with van der Waals surface area (Å²) in [4.78, 5) is 14.0. The number of hydrogen-bond acceptors (Lipinski definition) is 3. The zero-order chi connectivity index (χ0) is 24.5. The molecule has 0 bridgehead atoms. The number of nitrogens with two attached hydrogens (primary N) is 1. The summed E-state index contributed by atoms with van der Waals surface area (Å²) in [5, 5.41) is 4.16. The lowest BCUT2D eigenvalue weighted by Gasteiger charge is -2.26. The maximum atomic E-state index is 14.5. The van der Waals surface area contributed by atoms with Gasteiger partial charge in [0.15, 0.2) is 22.6 Å². The van der Waals surface area contributed by atoms with E-state index in [4.69, 9.17) is 4.74 Å². The predicted octanol–water partition coefficient (Wildman–Crippen LogP) is 4.69. The van der Waals surface area contributed by atoms with Crippen molar-refractivity contribution < 1.29 is 35.7 Å². The van der Waals surface area contributed by atoms with Crippen LogP contribution in [0.1, 0.15) is 31.2 Å². The normalized spacial score (nSPS) is 14.5. The first-order valence-electron chi connectivity index (χ1n) is 10.2. The fourth-order valence-electron chi connectivity index (χ4n) is 3.30. The predicted molar refractivity (Wildman–Crippen MR) is 115 cm³/mol. The van der Waals surface area contributed by atoms with Crippen LogP contribution in [0.25, 0.3) is 11.1 Å². The van der Waals surface area contributed by atoms with E-state index in [0.717, 1.165) is 38.4 Å². The van der Waals surface area contributed by atoms with Crippen molar-refractivity contribution in [2.45, 2.75) is 38.4 Å². The third kappa shape index (κ3) is 7.78. The van der Waals surface area contributed by atoms with Crippen molar-refractivity contribution in [1.82, 2.24) is 4.90 Å². The van der Waals surface area contributed by atoms with E-state index in [9.17, 15) is 31.0 Å². The van der Waals surface area contributed by atoms with Crippen LogP contribution in [-0.2, 0) is 15.8 Å². The summed E-state index contributed by atoms with van der Waals surface area (Å²) in [6.45, 7) is 2.97. The number of ether oxygens (including phenoxy) is 1. The molecule has 1 aliphatic heterocycles. The molecule has 0 aliphatic carbocycles. The Morgan fingerprint density at radius 2 is 1.76 bits per heavy atom. The summed E-state index contributed by atoms with van der Waals surface area (Å²) in [5.74, 6) is -5.49. The highest BCUT2D eigenvalue weighted by Crippen LogP contribution is 2.36. The van der Waals surface area contributed by atoms with Gasteiger partial charge in [-0.15, -0.1) is 0 Å². The molecule has 1 aliphatic rings. The Bertz CT molecular complexity index is 985. The van der Waals surface area contributed by atoms with Gasteiger partial charge in [-0.2, -0.15) is 8.78 Å². The molecule has 182 valence electrons. The molecular formula is C22H25F5N2O3S. The topological polar surface area (TPSA) is 72.6 Å². The molecule has 2 N–H and O–H groups in total. The van der Waals surface area contributed by atoms with E-state index in [0.29, 0.717) is 11.6 Å². The molecule has 1 fully saturated rings. The summed E-state index contributed by atoms with van der Waals surface area (Å²) in [5.41, 5.74) is 0.424. The second kappa shape index (κ2) is 12.6. The third-order valence-electron chi connectivity index (χ3n) is 4.94. The third-order valence-corrected chi connectivity index (χ3v) is 5.29. The minimum absolute atomic E-state index is 0.000813. The summed E-state index contributed by atoms with van der Waals surface area (Å²) < 4.78 is 78.8. The molecule has 1 amide bonds. The SMILES string of the molecule is Cc1cccc(-c2cc(F)cc(F)c2OCCC(=O)N2CCCCC2)c1F.NS(=O)C(F)F. The lowest BCUT2D eigenvalue weighted by molar-refractivity contribution is -0.132. The van der Waals surface area contributed by atoms with Gasteiger partial charge in [-0.3, -0.25) is 4.79 Å². The van der Waals surface area contributed by atoms with E-state index in [-0.39, 0.29) is 35.8 Å². The number of alkyl halides is 2. The largest absolute Gasteiger partial charge is 0.489 e. The second-order valence-electron chi connectivity index (χ2n) is 7.33. The summed E-state index contributed by atoms with van der Waals surface area (Å²) >= 11 is 0. The quantitative estimate of drug-likeness (QED) is 0.595. The monoisotopic (exact) mass is 492 g/mol. The molecule has 11 heteroatoms. The molecule has 33 heavy (non-hydrogen) atoms. The first-order chi connectivity index (χ1) is 15.6. The Morgan fingerprint density at radius 1 is 1.12 bits per heavy atom. The smallest absolute Gasteiger partial charge is 0.325 e. The van der Waals surface area contributed by atoms with Gasteiger partial charge in [-0.25, -0.2) is 22.5 Å². The molecule has 1 heterocycles. The molecule has 0 saturated carbocycles. The van der Waals surface area contributed by atoms with Crippen molar-refractivity contribution >= 4 is 16.9 Å². The highest BCUT2D eigenvalue weighted by molar-refractivity contribution is 7.82. The molecule has 5 nitrogen and oxygen atoms in total. The van der Waals surface area contributed by atoms with Crippen LogP contribution in [0.2, 0.25) is 0 Å². The van der Waals surface area contributed by atoms with Crippen molar-refractivity contribution in [1.29, 1.82) is 0 Å². The van der Waals surface area contributed by atoms with Crippen LogP contribution in [0.4, 0.5) is 22.0 Å². The van der Waals surface area contributed by atoms with Crippen LogP contribution in [-0.4, -0.2) is 40.5 Å². The number of amides is 1. The van der Waals surface area contributed by atoms with Crippen molar-refractivity contribution in [2.24, 2.45) is 5.14 Å². The average Bonchev–Trinajstić information content (AvgIpc) is 2.77. The van der Waals surface area contributed by atoms with Gasteiger partial charge in [0.2, 0.25) is 5.91 Å². The number of hydrogen-bond donors (Lipinski definition) is 1. The molecule has 0 spiro atoms. The lowest BCUT2D eigenvalue weighted by atomic mass is 10.0. The van der Waals surface area contributed by atoms with E-state index in [1.807, 2.05) is 0 Å². The van der Waals surface area contributed by atoms with Gasteiger partial charge in [-0.1, -0.05) is 18.2 Å². The Morgan fingerprint density at radius 3 is 2.36 bits per heavy atom. The first kappa shape index (κ1) is 26.7. The number of nitrogens with zero attached hydrogens (tertiary/aromatic N) is 1. The van der Waals surface area contributed by atoms with E-state index in [1.54, 1.807) is 24.0 Å². The van der Waals surface area contributed by atoms with Gasteiger partial charge in [-0.05, 0) is 37.8 Å². The van der Waals surface area contributed by atoms with E-state index < -0.39 is 34.2 Å². The van der Waals surface area contributed by atoms with Gasteiger partial charge in [0.25, 0.3) is 0 Å². The number of benzene rings is 2. The summed E-state index contributed by atoms with van der Waals surface area (Å²) in [7, 11) is -2.45. The Labute approximate surface area is 191 Å². The summed E-state index contributed by atoms with van der Waals surface area (Å²) in [6.07, 6.45) is 3.17. The molecular weight excluding hydrogens is 467 g/mol. The highest BCUT2D eigenvalue weighted by Gasteiger charge is 2.20. The van der Waals surface area contributed by atoms with Crippen molar-refractivity contribution in [3.63, 3.8) is 0 Å². The molecule has 3 rings (SSSR count). The Hall–Kier alpha value is -2.53. The zero-order valence-corrected chi connectivity index (χ0v) is 18.8. The number of aryl methyl sites for hydroxylation is 1. The minimum atomic E-state index is -2.90. The second-order valence-corrected chi connectivity index (χ2v) is 8.34. The van der Waals surface area contributed by atoms with Gasteiger partial charge >= 0.3 is 5.76 Å². The van der Waals surface area contributed by atoms with Crippen LogP contribution >= 0.6 is 0 Å². The molecule has 0 radical (unpaired) electrons. The molecule has 1 saturated heterocycles. The summed E-state index contributed by atoms with van der Waals surface area (Å²) in [6, 6.07) is 6.37. The zero-order valence-electron chi connectivity index (χ0n) is 18.0. The number of likely N-dealkylation sites (tertiary alicyclic amines) is 1. The minimum Gasteiger partial charge on any atom is -0.489 e. The fraction of sp³-hybridized carbons (Fsp3) is 0.409. The molecule has 1 atom stereocenters. The first-order valence-corrected chi connectivity index (χ1v) is 11.5. The van der Waals surface area contributed by atoms with Gasteiger partial charge in [0, 0.05) is 30.3 Å². The van der Waals surface area contributed by atoms with Crippen molar-refractivity contribution in [2.75, 3.05) is 19.7 Å². The molecule has 2 aromatic rings. The number of carbonyl (C=O) groups excluding carboxylic acids is 1. The molecule has 2 aromatic carbocycles. The standard InChI is InChI=1S/C21H22F3NO2.CH3F2NOS/c1-14-6-5-7-16(20(14)24)17-12-15(22)13-18(23)21(17)27-11-8-19(26)25-9-3-2-4-10-25;2-1(3)6(4)5/h5-7,12-13H,2-4,8-11H2,1H3;1H,4H2. The van der Waals surface area contributed by atoms with Crippen molar-refractivity contribution in [3.05, 3.63) is 53.3 Å². The highest BCUT2D eigenvalue weighted by atomic mass is 32.2. The number of rotatable bonds is 6. The van der Waals surface area contributed by atoms with Crippen LogP contribution in [0, 0.1) is 24.4 Å². The number of piperidine rings is 1. The maximum Gasteiger partial charge on any atom is 0.325 e. The lowest BCUT2D eigenvalue weighted by Crippen LogP contribution is -2.36. The molecule has 1 unspecified atom stereocenters. The van der Waals surface area contributed by atoms with Crippen LogP contribution in [0.3, 0.4) is 0 Å². The van der Waals surface area contributed by atoms with Crippen molar-refractivity contribution in [3.8, 4) is 16.9 Å². The average molecular weight is 493 g/mol.